The normalized spacial score (nSPS) is 32.1. The van der Waals surface area contributed by atoms with Crippen LogP contribution in [0.2, 0.25) is 0 Å². The second-order valence-electron chi connectivity index (χ2n) is 9.61. The van der Waals surface area contributed by atoms with E-state index < -0.39 is 12.3 Å². The van der Waals surface area contributed by atoms with E-state index in [1.54, 1.807) is 16.8 Å². The van der Waals surface area contributed by atoms with Crippen molar-refractivity contribution in [1.29, 1.82) is 0 Å². The summed E-state index contributed by atoms with van der Waals surface area (Å²) >= 11 is 1.23. The minimum Gasteiger partial charge on any atom is -0.507 e. The average molecular weight is 472 g/mol. The van der Waals surface area contributed by atoms with E-state index in [0.29, 0.717) is 34.0 Å². The van der Waals surface area contributed by atoms with E-state index in [1.165, 1.54) is 11.3 Å². The molecular formula is C24H30FN5O2S. The van der Waals surface area contributed by atoms with Crippen molar-refractivity contribution >= 4 is 11.3 Å². The Balaban J connectivity index is 1.34. The van der Waals surface area contributed by atoms with E-state index in [9.17, 15) is 5.11 Å². The summed E-state index contributed by atoms with van der Waals surface area (Å²) < 4.78 is 23.3. The second-order valence-corrected chi connectivity index (χ2v) is 10.6. The molecule has 2 bridgehead atoms. The third-order valence-electron chi connectivity index (χ3n) is 7.81. The van der Waals surface area contributed by atoms with Gasteiger partial charge < -0.3 is 9.84 Å². The first-order valence-electron chi connectivity index (χ1n) is 11.5. The van der Waals surface area contributed by atoms with Crippen molar-refractivity contribution in [2.24, 2.45) is 17.8 Å². The number of fused-ring (bicyclic) bond motifs is 2. The molecule has 2 saturated heterocycles. The number of hydrogen-bond donors (Lipinski definition) is 1. The molecule has 0 saturated carbocycles. The highest BCUT2D eigenvalue weighted by Gasteiger charge is 2.53. The van der Waals surface area contributed by atoms with Crippen molar-refractivity contribution in [2.75, 3.05) is 7.05 Å². The smallest absolute Gasteiger partial charge is 0.294 e. The van der Waals surface area contributed by atoms with E-state index in [2.05, 4.69) is 41.0 Å². The number of aromatic hydroxyl groups is 1. The Bertz CT molecular complexity index is 1150. The van der Waals surface area contributed by atoms with Gasteiger partial charge in [0.15, 0.2) is 11.2 Å². The van der Waals surface area contributed by atoms with Crippen LogP contribution in [0.3, 0.4) is 0 Å². The molecule has 0 radical (unpaired) electrons. The summed E-state index contributed by atoms with van der Waals surface area (Å²) in [6, 6.07) is 7.32. The van der Waals surface area contributed by atoms with Crippen LogP contribution >= 0.6 is 11.3 Å². The molecule has 1 aromatic carbocycles. The molecule has 3 aromatic rings. The lowest BCUT2D eigenvalue weighted by Crippen LogP contribution is -2.66. The molecule has 7 unspecified atom stereocenters. The lowest BCUT2D eigenvalue weighted by atomic mass is 9.66. The summed E-state index contributed by atoms with van der Waals surface area (Å²) in [6.45, 7) is 8.55. The molecule has 0 amide bonds. The van der Waals surface area contributed by atoms with Gasteiger partial charge in [0.2, 0.25) is 0 Å². The zero-order valence-corrected chi connectivity index (χ0v) is 20.3. The zero-order chi connectivity index (χ0) is 23.4. The molecule has 2 aromatic heterocycles. The highest BCUT2D eigenvalue weighted by atomic mass is 32.1. The Kier molecular flexibility index (Phi) is 5.64. The van der Waals surface area contributed by atoms with Crippen LogP contribution in [0, 0.1) is 24.7 Å². The highest BCUT2D eigenvalue weighted by molar-refractivity contribution is 7.16. The summed E-state index contributed by atoms with van der Waals surface area (Å²) in [5.41, 5.74) is 2.20. The predicted octanol–water partition coefficient (Wildman–Crippen LogP) is 4.48. The predicted molar refractivity (Wildman–Crippen MR) is 126 cm³/mol. The lowest BCUT2D eigenvalue weighted by Gasteiger charge is -2.56. The highest BCUT2D eigenvalue weighted by Crippen LogP contribution is 2.45. The Hall–Kier alpha value is -2.52. The zero-order valence-electron chi connectivity index (χ0n) is 19.5. The number of aromatic nitrogens is 4. The van der Waals surface area contributed by atoms with Crippen LogP contribution in [0.4, 0.5) is 4.39 Å². The molecule has 9 heteroatoms. The number of ether oxygens (including phenoxy) is 1. The fourth-order valence-electron chi connectivity index (χ4n) is 5.60. The number of hydrogen-bond acceptors (Lipinski definition) is 7. The van der Waals surface area contributed by atoms with Gasteiger partial charge in [0, 0.05) is 30.8 Å². The summed E-state index contributed by atoms with van der Waals surface area (Å²) in [5, 5.41) is 24.2. The molecule has 7 atom stereocenters. The van der Waals surface area contributed by atoms with E-state index in [1.807, 2.05) is 32.3 Å². The monoisotopic (exact) mass is 471 g/mol. The first-order chi connectivity index (χ1) is 15.7. The molecule has 4 heterocycles. The molecule has 176 valence electrons. The molecule has 2 aliphatic heterocycles. The van der Waals surface area contributed by atoms with Crippen LogP contribution < -0.4 is 4.74 Å². The molecule has 2 aliphatic rings. The Labute approximate surface area is 197 Å². The minimum atomic E-state index is -1.09. The summed E-state index contributed by atoms with van der Waals surface area (Å²) in [5.74, 6) is 1.28. The molecule has 33 heavy (non-hydrogen) atoms. The lowest BCUT2D eigenvalue weighted by molar-refractivity contribution is -0.121. The van der Waals surface area contributed by atoms with Gasteiger partial charge in [-0.2, -0.15) is 5.10 Å². The summed E-state index contributed by atoms with van der Waals surface area (Å²) in [6.07, 6.45) is 0.833. The van der Waals surface area contributed by atoms with E-state index in [0.717, 1.165) is 11.4 Å². The van der Waals surface area contributed by atoms with Crippen molar-refractivity contribution in [1.82, 2.24) is 24.9 Å². The SMILES string of the molecule is Cc1ccn(-c2ccc(-c3nnc(OC4CC5C(C)C(C)C(C)C(C4F)N5C)s3)c(O)c2)n1. The summed E-state index contributed by atoms with van der Waals surface area (Å²) in [4.78, 5) is 2.21. The number of rotatable bonds is 4. The number of halogens is 1. The minimum absolute atomic E-state index is 0.0807. The second kappa shape index (κ2) is 8.36. The number of alkyl halides is 1. The number of nitrogens with zero attached hydrogens (tertiary/aromatic N) is 5. The van der Waals surface area contributed by atoms with Crippen LogP contribution in [-0.2, 0) is 0 Å². The average Bonchev–Trinajstić information content (AvgIpc) is 3.43. The van der Waals surface area contributed by atoms with Crippen LogP contribution in [0.5, 0.6) is 10.9 Å². The van der Waals surface area contributed by atoms with E-state index in [4.69, 9.17) is 4.74 Å². The topological polar surface area (TPSA) is 76.3 Å². The van der Waals surface area contributed by atoms with Gasteiger partial charge in [-0.25, -0.2) is 9.07 Å². The van der Waals surface area contributed by atoms with Crippen LogP contribution in [0.25, 0.3) is 16.3 Å². The standard InChI is InChI=1S/C24H30FN5O2S/c1-12-8-9-30(28-12)16-6-7-17(19(31)10-16)23-26-27-24(33-23)32-20-11-18-14(3)13(2)15(4)22(21(20)25)29(18)5/h6-10,13-15,18,20-22,31H,11H2,1-5H3. The van der Waals surface area contributed by atoms with Gasteiger partial charge >= 0.3 is 0 Å². The first kappa shape index (κ1) is 22.3. The van der Waals surface area contributed by atoms with Gasteiger partial charge in [0.05, 0.1) is 16.9 Å². The van der Waals surface area contributed by atoms with Crippen molar-refractivity contribution in [3.8, 4) is 27.2 Å². The maximum absolute atomic E-state index is 15.5. The van der Waals surface area contributed by atoms with Crippen LogP contribution in [0.15, 0.2) is 30.5 Å². The quantitative estimate of drug-likeness (QED) is 0.604. The number of piperidine rings is 2. The van der Waals surface area contributed by atoms with Crippen molar-refractivity contribution in [3.63, 3.8) is 0 Å². The molecule has 5 rings (SSSR count). The Morgan fingerprint density at radius 1 is 1.12 bits per heavy atom. The van der Waals surface area contributed by atoms with Gasteiger partial charge in [0.25, 0.3) is 5.19 Å². The first-order valence-corrected chi connectivity index (χ1v) is 12.3. The third-order valence-corrected chi connectivity index (χ3v) is 8.66. The maximum atomic E-state index is 15.5. The van der Waals surface area contributed by atoms with Gasteiger partial charge in [-0.05, 0) is 49.9 Å². The van der Waals surface area contributed by atoms with Crippen LogP contribution in [0.1, 0.15) is 32.9 Å². The van der Waals surface area contributed by atoms with E-state index >= 15 is 4.39 Å². The number of benzene rings is 1. The molecule has 0 spiro atoms. The Morgan fingerprint density at radius 2 is 1.91 bits per heavy atom. The van der Waals surface area contributed by atoms with Crippen LogP contribution in [-0.4, -0.2) is 61.4 Å². The Morgan fingerprint density at radius 3 is 2.61 bits per heavy atom. The molecule has 1 N–H and O–H groups in total. The fraction of sp³-hybridized carbons (Fsp3) is 0.542. The van der Waals surface area contributed by atoms with Crippen molar-refractivity contribution in [2.45, 2.75) is 58.5 Å². The summed E-state index contributed by atoms with van der Waals surface area (Å²) in [7, 11) is 2.04. The molecular weight excluding hydrogens is 441 g/mol. The van der Waals surface area contributed by atoms with Gasteiger partial charge in [0.1, 0.15) is 11.9 Å². The maximum Gasteiger partial charge on any atom is 0.294 e. The largest absolute Gasteiger partial charge is 0.507 e. The van der Waals surface area contributed by atoms with Gasteiger partial charge in [-0.15, -0.1) is 5.10 Å². The molecule has 0 aliphatic carbocycles. The van der Waals surface area contributed by atoms with Gasteiger partial charge in [-0.1, -0.05) is 37.2 Å². The van der Waals surface area contributed by atoms with Crippen molar-refractivity contribution < 1.29 is 14.2 Å². The number of phenols is 1. The van der Waals surface area contributed by atoms with Gasteiger partial charge in [-0.3, -0.25) is 4.90 Å². The number of phenolic OH excluding ortho intramolecular Hbond substituents is 1. The van der Waals surface area contributed by atoms with E-state index in [-0.39, 0.29) is 23.8 Å². The third kappa shape index (κ3) is 3.81. The molecule has 2 fully saturated rings. The fourth-order valence-corrected chi connectivity index (χ4v) is 6.38. The van der Waals surface area contributed by atoms with Crippen molar-refractivity contribution in [3.05, 3.63) is 36.2 Å². The molecule has 7 nitrogen and oxygen atoms in total. The number of aryl methyl sites for hydroxylation is 1.